The summed E-state index contributed by atoms with van der Waals surface area (Å²) >= 11 is 5.87. The molecule has 1 aliphatic rings. The second-order valence-electron chi connectivity index (χ2n) is 4.10. The van der Waals surface area contributed by atoms with Gasteiger partial charge < -0.3 is 5.11 Å². The van der Waals surface area contributed by atoms with Crippen LogP contribution in [0.3, 0.4) is 0 Å². The Morgan fingerprint density at radius 3 is 3.06 bits per heavy atom. The van der Waals surface area contributed by atoms with Gasteiger partial charge in [0.1, 0.15) is 0 Å². The molecule has 4 nitrogen and oxygen atoms in total. The van der Waals surface area contributed by atoms with E-state index < -0.39 is 6.10 Å². The van der Waals surface area contributed by atoms with E-state index >= 15 is 0 Å². The van der Waals surface area contributed by atoms with Crippen molar-refractivity contribution in [3.05, 3.63) is 34.9 Å². The summed E-state index contributed by atoms with van der Waals surface area (Å²) < 4.78 is 0. The summed E-state index contributed by atoms with van der Waals surface area (Å²) in [6, 6.07) is 7.00. The second kappa shape index (κ2) is 4.85. The molecule has 1 aromatic carbocycles. The van der Waals surface area contributed by atoms with Crippen LogP contribution >= 0.6 is 11.6 Å². The van der Waals surface area contributed by atoms with E-state index in [1.807, 2.05) is 0 Å². The van der Waals surface area contributed by atoms with Gasteiger partial charge in [-0.2, -0.15) is 5.10 Å². The van der Waals surface area contributed by atoms with Crippen molar-refractivity contribution in [1.82, 2.24) is 5.43 Å². The minimum atomic E-state index is -0.761. The van der Waals surface area contributed by atoms with Crippen molar-refractivity contribution in [2.45, 2.75) is 19.4 Å². The minimum absolute atomic E-state index is 0.179. The van der Waals surface area contributed by atoms with E-state index in [1.165, 1.54) is 0 Å². The fourth-order valence-corrected chi connectivity index (χ4v) is 2.09. The lowest BCUT2D eigenvalue weighted by Gasteiger charge is -2.25. The molecule has 5 heteroatoms. The summed E-state index contributed by atoms with van der Waals surface area (Å²) in [5.74, 6) is -0.469. The third-order valence-corrected chi connectivity index (χ3v) is 3.11. The lowest BCUT2D eigenvalue weighted by molar-refractivity contribution is -0.122. The molecule has 0 aliphatic carbocycles. The highest BCUT2D eigenvalue weighted by Crippen LogP contribution is 2.28. The minimum Gasteiger partial charge on any atom is -0.388 e. The fraction of sp³-hybridized carbons (Fsp3) is 0.333. The summed E-state index contributed by atoms with van der Waals surface area (Å²) in [5.41, 5.74) is 3.81. The molecular formula is C12H13ClN2O2. The van der Waals surface area contributed by atoms with Crippen LogP contribution in [0.5, 0.6) is 0 Å². The van der Waals surface area contributed by atoms with Crippen LogP contribution < -0.4 is 5.43 Å². The number of nitrogens with one attached hydrogen (secondary N) is 1. The van der Waals surface area contributed by atoms with E-state index in [0.29, 0.717) is 10.6 Å². The average Bonchev–Trinajstić information content (AvgIpc) is 2.31. The number of nitrogens with zero attached hydrogens (tertiary/aromatic N) is 1. The Hall–Kier alpha value is -1.39. The van der Waals surface area contributed by atoms with Crippen molar-refractivity contribution in [3.63, 3.8) is 0 Å². The standard InChI is InChI=1S/C12H13ClN2O2/c1-7-10(6-11(16)15-14-7)12(17)8-3-2-4-9(13)5-8/h2-5,10,12,17H,6H2,1H3,(H,15,16). The number of hydrazone groups is 1. The first-order valence-corrected chi connectivity index (χ1v) is 5.72. The molecule has 17 heavy (non-hydrogen) atoms. The molecule has 2 atom stereocenters. The van der Waals surface area contributed by atoms with Gasteiger partial charge in [-0.25, -0.2) is 5.43 Å². The van der Waals surface area contributed by atoms with E-state index in [4.69, 9.17) is 11.6 Å². The third-order valence-electron chi connectivity index (χ3n) is 2.87. The second-order valence-corrected chi connectivity index (χ2v) is 4.54. The number of halogens is 1. The van der Waals surface area contributed by atoms with E-state index in [0.717, 1.165) is 5.71 Å². The molecule has 0 aromatic heterocycles. The number of carbonyl (C=O) groups is 1. The van der Waals surface area contributed by atoms with Gasteiger partial charge in [0.2, 0.25) is 5.91 Å². The number of rotatable bonds is 2. The molecule has 1 amide bonds. The number of aliphatic hydroxyl groups is 1. The SMILES string of the molecule is CC1=NNC(=O)CC1C(O)c1cccc(Cl)c1. The third kappa shape index (κ3) is 2.65. The van der Waals surface area contributed by atoms with Crippen molar-refractivity contribution < 1.29 is 9.90 Å². The molecule has 1 heterocycles. The van der Waals surface area contributed by atoms with Crippen LogP contribution in [0.25, 0.3) is 0 Å². The van der Waals surface area contributed by atoms with E-state index in [1.54, 1.807) is 31.2 Å². The molecule has 1 aliphatic heterocycles. The van der Waals surface area contributed by atoms with Gasteiger partial charge in [-0.1, -0.05) is 23.7 Å². The molecule has 0 spiro atoms. The Balaban J connectivity index is 2.25. The Morgan fingerprint density at radius 1 is 1.59 bits per heavy atom. The predicted octanol–water partition coefficient (Wildman–Crippen LogP) is 1.89. The molecule has 0 radical (unpaired) electrons. The van der Waals surface area contributed by atoms with Gasteiger partial charge in [-0.3, -0.25) is 4.79 Å². The van der Waals surface area contributed by atoms with Crippen LogP contribution in [0, 0.1) is 5.92 Å². The first-order valence-electron chi connectivity index (χ1n) is 5.34. The first kappa shape index (κ1) is 12.1. The van der Waals surface area contributed by atoms with Crippen LogP contribution in [0.2, 0.25) is 5.02 Å². The van der Waals surface area contributed by atoms with Gasteiger partial charge in [0, 0.05) is 23.1 Å². The average molecular weight is 253 g/mol. The molecule has 2 rings (SSSR count). The number of hydrogen-bond acceptors (Lipinski definition) is 3. The van der Waals surface area contributed by atoms with Crippen molar-refractivity contribution in [2.24, 2.45) is 11.0 Å². The van der Waals surface area contributed by atoms with E-state index in [-0.39, 0.29) is 18.2 Å². The molecular weight excluding hydrogens is 240 g/mol. The van der Waals surface area contributed by atoms with Gasteiger partial charge in [-0.05, 0) is 24.6 Å². The Bertz CT molecular complexity index is 473. The van der Waals surface area contributed by atoms with Crippen LogP contribution in [0.15, 0.2) is 29.4 Å². The van der Waals surface area contributed by atoms with Crippen molar-refractivity contribution in [3.8, 4) is 0 Å². The van der Waals surface area contributed by atoms with Crippen molar-refractivity contribution >= 4 is 23.2 Å². The number of hydrogen-bond donors (Lipinski definition) is 2. The van der Waals surface area contributed by atoms with Gasteiger partial charge in [0.15, 0.2) is 0 Å². The Labute approximate surface area is 104 Å². The lowest BCUT2D eigenvalue weighted by atomic mass is 9.88. The molecule has 90 valence electrons. The highest BCUT2D eigenvalue weighted by Gasteiger charge is 2.29. The van der Waals surface area contributed by atoms with Gasteiger partial charge in [0.05, 0.1) is 6.10 Å². The number of amides is 1. The maximum atomic E-state index is 11.3. The summed E-state index contributed by atoms with van der Waals surface area (Å²) in [6.07, 6.45) is -0.522. The maximum Gasteiger partial charge on any atom is 0.240 e. The summed E-state index contributed by atoms with van der Waals surface area (Å²) in [5, 5.41) is 14.7. The highest BCUT2D eigenvalue weighted by atomic mass is 35.5. The summed E-state index contributed by atoms with van der Waals surface area (Å²) in [4.78, 5) is 11.3. The fourth-order valence-electron chi connectivity index (χ4n) is 1.89. The van der Waals surface area contributed by atoms with Crippen LogP contribution in [-0.4, -0.2) is 16.7 Å². The van der Waals surface area contributed by atoms with Crippen LogP contribution in [0.1, 0.15) is 25.0 Å². The number of benzene rings is 1. The topological polar surface area (TPSA) is 61.7 Å². The molecule has 2 N–H and O–H groups in total. The van der Waals surface area contributed by atoms with Crippen molar-refractivity contribution in [1.29, 1.82) is 0 Å². The van der Waals surface area contributed by atoms with E-state index in [9.17, 15) is 9.90 Å². The summed E-state index contributed by atoms with van der Waals surface area (Å²) in [7, 11) is 0. The number of carbonyl (C=O) groups excluding carboxylic acids is 1. The zero-order valence-corrected chi connectivity index (χ0v) is 10.1. The van der Waals surface area contributed by atoms with Crippen molar-refractivity contribution in [2.75, 3.05) is 0 Å². The molecule has 1 aromatic rings. The first-order chi connectivity index (χ1) is 8.08. The molecule has 0 saturated carbocycles. The van der Waals surface area contributed by atoms with E-state index in [2.05, 4.69) is 10.5 Å². The van der Waals surface area contributed by atoms with Gasteiger partial charge in [0.25, 0.3) is 0 Å². The normalized spacial score (nSPS) is 21.7. The van der Waals surface area contributed by atoms with Gasteiger partial charge in [-0.15, -0.1) is 0 Å². The zero-order chi connectivity index (χ0) is 12.4. The smallest absolute Gasteiger partial charge is 0.240 e. The molecule has 2 unspecified atom stereocenters. The Morgan fingerprint density at radius 2 is 2.35 bits per heavy atom. The molecule has 0 bridgehead atoms. The maximum absolute atomic E-state index is 11.3. The lowest BCUT2D eigenvalue weighted by Crippen LogP contribution is -2.34. The molecule has 0 fully saturated rings. The van der Waals surface area contributed by atoms with Crippen LogP contribution in [0.4, 0.5) is 0 Å². The zero-order valence-electron chi connectivity index (χ0n) is 9.35. The number of aliphatic hydroxyl groups excluding tert-OH is 1. The van der Waals surface area contributed by atoms with Crippen LogP contribution in [-0.2, 0) is 4.79 Å². The highest BCUT2D eigenvalue weighted by molar-refractivity contribution is 6.30. The predicted molar refractivity (Wildman–Crippen MR) is 65.8 cm³/mol. The Kier molecular flexibility index (Phi) is 3.45. The summed E-state index contributed by atoms with van der Waals surface area (Å²) in [6.45, 7) is 1.79. The largest absolute Gasteiger partial charge is 0.388 e. The molecule has 0 saturated heterocycles. The quantitative estimate of drug-likeness (QED) is 0.844. The monoisotopic (exact) mass is 252 g/mol. The van der Waals surface area contributed by atoms with Gasteiger partial charge >= 0.3 is 0 Å².